The Morgan fingerprint density at radius 2 is 1.72 bits per heavy atom. The number of rotatable bonds is 8. The number of amides is 1. The minimum absolute atomic E-state index is 0.00377. The molecule has 7 heteroatoms. The number of hydrogen-bond donors (Lipinski definition) is 2. The Balaban J connectivity index is 1.72. The molecule has 0 unspecified atom stereocenters. The van der Waals surface area contributed by atoms with Crippen LogP contribution < -0.4 is 10.1 Å². The number of aliphatic carboxylic acids is 1. The van der Waals surface area contributed by atoms with E-state index in [1.165, 1.54) is 32.1 Å². The maximum Gasteiger partial charge on any atom is 0.306 e. The highest BCUT2D eigenvalue weighted by molar-refractivity contribution is 5.97. The molecule has 2 aromatic rings. The van der Waals surface area contributed by atoms with E-state index in [0.717, 1.165) is 29.2 Å². The number of aromatic nitrogens is 2. The van der Waals surface area contributed by atoms with Gasteiger partial charge in [-0.3, -0.25) is 9.59 Å². The van der Waals surface area contributed by atoms with Gasteiger partial charge >= 0.3 is 5.97 Å². The van der Waals surface area contributed by atoms with Crippen LogP contribution in [0.4, 0.5) is 0 Å². The van der Waals surface area contributed by atoms with Crippen LogP contribution in [-0.4, -0.2) is 39.2 Å². The highest BCUT2D eigenvalue weighted by atomic mass is 16.5. The number of hydrogen-bond acceptors (Lipinski definition) is 4. The first-order chi connectivity index (χ1) is 18.2. The second-order valence-electron chi connectivity index (χ2n) is 14.0. The fourth-order valence-electron chi connectivity index (χ4n) is 5.58. The van der Waals surface area contributed by atoms with Crippen LogP contribution >= 0.6 is 0 Å². The zero-order valence-electron chi connectivity index (χ0n) is 24.9. The van der Waals surface area contributed by atoms with Crippen LogP contribution in [-0.2, 0) is 16.8 Å². The molecular formula is C32H47N3O4. The molecule has 0 aliphatic heterocycles. The second-order valence-corrected chi connectivity index (χ2v) is 14.0. The Morgan fingerprint density at radius 3 is 2.31 bits per heavy atom. The Labute approximate surface area is 233 Å². The smallest absolute Gasteiger partial charge is 0.306 e. The Morgan fingerprint density at radius 1 is 1.05 bits per heavy atom. The van der Waals surface area contributed by atoms with Gasteiger partial charge in [-0.15, -0.1) is 0 Å². The average Bonchev–Trinajstić information content (AvgIpc) is 3.15. The first kappa shape index (κ1) is 29.2. The number of ether oxygens (including phenoxy) is 1. The van der Waals surface area contributed by atoms with Crippen LogP contribution in [0.5, 0.6) is 5.88 Å². The van der Waals surface area contributed by atoms with Crippen molar-refractivity contribution in [1.82, 2.24) is 14.9 Å². The van der Waals surface area contributed by atoms with Gasteiger partial charge in [-0.2, -0.15) is 0 Å². The van der Waals surface area contributed by atoms with E-state index in [0.29, 0.717) is 36.8 Å². The summed E-state index contributed by atoms with van der Waals surface area (Å²) in [7, 11) is 0. The van der Waals surface area contributed by atoms with Crippen molar-refractivity contribution in [2.45, 2.75) is 111 Å². The maximum absolute atomic E-state index is 13.4. The fourth-order valence-corrected chi connectivity index (χ4v) is 5.58. The summed E-state index contributed by atoms with van der Waals surface area (Å²) in [5.74, 6) is -0.0747. The summed E-state index contributed by atoms with van der Waals surface area (Å²) < 4.78 is 8.52. The molecule has 2 N–H and O–H groups in total. The molecule has 39 heavy (non-hydrogen) atoms. The minimum atomic E-state index is -0.783. The van der Waals surface area contributed by atoms with E-state index in [1.807, 2.05) is 19.1 Å². The van der Waals surface area contributed by atoms with E-state index in [4.69, 9.17) is 9.72 Å². The molecule has 0 bridgehead atoms. The molecule has 2 aliphatic rings. The SMILES string of the molecule is Cc1c(C(=O)N[C@H]2C[C@H](C(=O)O)C2)cc(-c2cc(OCC(C)(C)C)nc(C(C)(C)C)c2)n1CC1CCCCC1. The molecule has 4 rings (SSSR count). The zero-order chi connectivity index (χ0) is 28.5. The zero-order valence-corrected chi connectivity index (χ0v) is 24.9. The van der Waals surface area contributed by atoms with Crippen molar-refractivity contribution in [3.8, 4) is 17.1 Å². The van der Waals surface area contributed by atoms with Gasteiger partial charge in [0.25, 0.3) is 5.91 Å². The van der Waals surface area contributed by atoms with Crippen molar-refractivity contribution in [3.05, 3.63) is 35.2 Å². The van der Waals surface area contributed by atoms with Gasteiger partial charge in [0.05, 0.1) is 23.8 Å². The summed E-state index contributed by atoms with van der Waals surface area (Å²) >= 11 is 0. The van der Waals surface area contributed by atoms with Gasteiger partial charge in [0.1, 0.15) is 0 Å². The van der Waals surface area contributed by atoms with Crippen LogP contribution in [0.15, 0.2) is 18.2 Å². The number of carboxylic acids is 1. The first-order valence-electron chi connectivity index (χ1n) is 14.6. The summed E-state index contributed by atoms with van der Waals surface area (Å²) in [5.41, 5.74) is 4.41. The lowest BCUT2D eigenvalue weighted by atomic mass is 9.80. The summed E-state index contributed by atoms with van der Waals surface area (Å²) in [4.78, 5) is 29.5. The van der Waals surface area contributed by atoms with Crippen LogP contribution in [0.3, 0.4) is 0 Å². The van der Waals surface area contributed by atoms with E-state index in [1.54, 1.807) is 0 Å². The molecule has 2 aromatic heterocycles. The van der Waals surface area contributed by atoms with Gasteiger partial charge in [-0.1, -0.05) is 60.8 Å². The standard InChI is InChI=1S/C32H47N3O4/c1-20-25(29(36)33-24-13-23(14-24)30(37)38)17-26(35(20)18-21-11-9-8-10-12-21)22-15-27(32(5,6)7)34-28(16-22)39-19-31(2,3)4/h15-17,21,23-24H,8-14,18-19H2,1-7H3,(H,33,36)(H,37,38)/t23-,24-. The molecule has 2 fully saturated rings. The second kappa shape index (κ2) is 11.3. The summed E-state index contributed by atoms with van der Waals surface area (Å²) in [6, 6.07) is 6.07. The first-order valence-corrected chi connectivity index (χ1v) is 14.6. The number of nitrogens with one attached hydrogen (secondary N) is 1. The summed E-state index contributed by atoms with van der Waals surface area (Å²) in [6.45, 7) is 16.4. The lowest BCUT2D eigenvalue weighted by Gasteiger charge is -2.32. The Hall–Kier alpha value is -2.83. The number of carboxylic acid groups (broad SMARTS) is 1. The number of nitrogens with zero attached hydrogens (tertiary/aromatic N) is 2. The van der Waals surface area contributed by atoms with Gasteiger partial charge in [-0.25, -0.2) is 4.98 Å². The third-order valence-electron chi connectivity index (χ3n) is 8.12. The molecule has 214 valence electrons. The molecule has 2 aliphatic carbocycles. The van der Waals surface area contributed by atoms with E-state index in [-0.39, 0.29) is 28.7 Å². The lowest BCUT2D eigenvalue weighted by Crippen LogP contribution is -2.46. The monoisotopic (exact) mass is 537 g/mol. The van der Waals surface area contributed by atoms with Crippen molar-refractivity contribution in [2.24, 2.45) is 17.3 Å². The predicted molar refractivity (Wildman–Crippen MR) is 154 cm³/mol. The molecule has 2 saturated carbocycles. The van der Waals surface area contributed by atoms with Crippen LogP contribution in [0.2, 0.25) is 0 Å². The maximum atomic E-state index is 13.4. The van der Waals surface area contributed by atoms with Gasteiger partial charge < -0.3 is 19.7 Å². The molecule has 0 saturated heterocycles. The predicted octanol–water partition coefficient (Wildman–Crippen LogP) is 6.75. The summed E-state index contributed by atoms with van der Waals surface area (Å²) in [6.07, 6.45) is 7.21. The van der Waals surface area contributed by atoms with Crippen molar-refractivity contribution < 1.29 is 19.4 Å². The fraction of sp³-hybridized carbons (Fsp3) is 0.656. The van der Waals surface area contributed by atoms with Gasteiger partial charge in [-0.05, 0) is 56.1 Å². The molecular weight excluding hydrogens is 490 g/mol. The molecule has 0 atom stereocenters. The minimum Gasteiger partial charge on any atom is -0.481 e. The third kappa shape index (κ3) is 7.23. The third-order valence-corrected chi connectivity index (χ3v) is 8.12. The van der Waals surface area contributed by atoms with Crippen molar-refractivity contribution in [2.75, 3.05) is 6.61 Å². The van der Waals surface area contributed by atoms with Crippen LogP contribution in [0.25, 0.3) is 11.3 Å². The van der Waals surface area contributed by atoms with Crippen LogP contribution in [0, 0.1) is 24.2 Å². The van der Waals surface area contributed by atoms with Gasteiger partial charge in [0.2, 0.25) is 5.88 Å². The Kier molecular flexibility index (Phi) is 8.48. The van der Waals surface area contributed by atoms with Crippen LogP contribution in [0.1, 0.15) is 108 Å². The summed E-state index contributed by atoms with van der Waals surface area (Å²) in [5, 5.41) is 12.3. The van der Waals surface area contributed by atoms with Gasteiger partial charge in [0.15, 0.2) is 0 Å². The topological polar surface area (TPSA) is 93.5 Å². The van der Waals surface area contributed by atoms with E-state index < -0.39 is 5.97 Å². The molecule has 2 heterocycles. The number of carbonyl (C=O) groups excluding carboxylic acids is 1. The normalized spacial score (nSPS) is 20.4. The number of carbonyl (C=O) groups is 2. The van der Waals surface area contributed by atoms with E-state index >= 15 is 0 Å². The lowest BCUT2D eigenvalue weighted by molar-refractivity contribution is -0.145. The number of pyridine rings is 1. The molecule has 1 amide bonds. The van der Waals surface area contributed by atoms with E-state index in [9.17, 15) is 14.7 Å². The molecule has 7 nitrogen and oxygen atoms in total. The van der Waals surface area contributed by atoms with Gasteiger partial charge in [0, 0.05) is 41.0 Å². The highest BCUT2D eigenvalue weighted by Gasteiger charge is 2.36. The molecule has 0 spiro atoms. The van der Waals surface area contributed by atoms with Crippen molar-refractivity contribution in [1.29, 1.82) is 0 Å². The molecule has 0 aromatic carbocycles. The van der Waals surface area contributed by atoms with E-state index in [2.05, 4.69) is 57.5 Å². The average molecular weight is 538 g/mol. The van der Waals surface area contributed by atoms with Crippen molar-refractivity contribution in [3.63, 3.8) is 0 Å². The van der Waals surface area contributed by atoms with Crippen molar-refractivity contribution >= 4 is 11.9 Å². The molecule has 0 radical (unpaired) electrons. The highest BCUT2D eigenvalue weighted by Crippen LogP contribution is 2.35. The quantitative estimate of drug-likeness (QED) is 0.388. The largest absolute Gasteiger partial charge is 0.481 e. The Bertz CT molecular complexity index is 1190.